The largest absolute Gasteiger partial charge is 0.481 e. The summed E-state index contributed by atoms with van der Waals surface area (Å²) >= 11 is 5.88. The molecule has 3 atom stereocenters. The van der Waals surface area contributed by atoms with Crippen LogP contribution in [0, 0.1) is 0 Å². The topological polar surface area (TPSA) is 131 Å². The maximum atomic E-state index is 13.5. The van der Waals surface area contributed by atoms with E-state index in [4.69, 9.17) is 16.3 Å². The van der Waals surface area contributed by atoms with Crippen molar-refractivity contribution in [3.05, 3.63) is 65.2 Å². The fourth-order valence-corrected chi connectivity index (χ4v) is 5.51. The van der Waals surface area contributed by atoms with Gasteiger partial charge >= 0.3 is 0 Å². The first-order valence-corrected chi connectivity index (χ1v) is 13.3. The third-order valence-corrected chi connectivity index (χ3v) is 8.57. The summed E-state index contributed by atoms with van der Waals surface area (Å²) in [5, 5.41) is 12.5. The Morgan fingerprint density at radius 2 is 1.81 bits per heavy atom. The number of rotatable bonds is 9. The highest BCUT2D eigenvalue weighted by Gasteiger charge is 2.33. The van der Waals surface area contributed by atoms with Crippen molar-refractivity contribution in [3.8, 4) is 17.4 Å². The zero-order valence-corrected chi connectivity index (χ0v) is 22.1. The highest BCUT2D eigenvalue weighted by Crippen LogP contribution is 2.30. The zero-order valence-electron chi connectivity index (χ0n) is 20.6. The van der Waals surface area contributed by atoms with Gasteiger partial charge in [-0.15, -0.1) is 10.2 Å². The predicted molar refractivity (Wildman–Crippen MR) is 134 cm³/mol. The van der Waals surface area contributed by atoms with Crippen molar-refractivity contribution >= 4 is 21.4 Å². The summed E-state index contributed by atoms with van der Waals surface area (Å²) in [7, 11) is -0.340. The molecule has 36 heavy (non-hydrogen) atoms. The van der Waals surface area contributed by atoms with E-state index in [0.717, 1.165) is 5.56 Å². The first-order valence-electron chi connectivity index (χ1n) is 11.2. The van der Waals surface area contributed by atoms with E-state index in [9.17, 15) is 8.42 Å². The molecule has 0 spiro atoms. The molecule has 0 bridgehead atoms. The smallest absolute Gasteiger partial charge is 0.213 e. The van der Waals surface area contributed by atoms with Crippen molar-refractivity contribution in [1.29, 1.82) is 0 Å². The Labute approximate surface area is 214 Å². The molecular formula is C23H27ClN8O3S. The lowest BCUT2D eigenvalue weighted by atomic mass is 10.1. The molecule has 0 radical (unpaired) electrons. The number of hydrogen-bond donors (Lipinski definition) is 0. The van der Waals surface area contributed by atoms with E-state index in [0.29, 0.717) is 34.1 Å². The third-order valence-electron chi connectivity index (χ3n) is 6.17. The molecule has 0 saturated heterocycles. The van der Waals surface area contributed by atoms with Crippen molar-refractivity contribution < 1.29 is 13.2 Å². The Morgan fingerprint density at radius 1 is 1.08 bits per heavy atom. The average Bonchev–Trinajstić information content (AvgIpc) is 3.49. The van der Waals surface area contributed by atoms with Crippen LogP contribution in [0.4, 0.5) is 0 Å². The van der Waals surface area contributed by atoms with Crippen molar-refractivity contribution in [1.82, 2.24) is 39.5 Å². The first-order chi connectivity index (χ1) is 17.1. The maximum Gasteiger partial charge on any atom is 0.213 e. The second kappa shape index (κ2) is 10.3. The second-order valence-electron chi connectivity index (χ2n) is 8.56. The van der Waals surface area contributed by atoms with Crippen LogP contribution in [0.2, 0.25) is 5.02 Å². The highest BCUT2D eigenvalue weighted by molar-refractivity contribution is 7.91. The van der Waals surface area contributed by atoms with Crippen molar-refractivity contribution in [2.24, 2.45) is 7.05 Å². The third kappa shape index (κ3) is 5.24. The van der Waals surface area contributed by atoms with Crippen LogP contribution in [0.25, 0.3) is 11.5 Å². The Bertz CT molecular complexity index is 1450. The first kappa shape index (κ1) is 25.7. The number of halogens is 1. The van der Waals surface area contributed by atoms with Crippen LogP contribution in [-0.4, -0.2) is 60.3 Å². The SMILES string of the molecule is COc1cccc(-c2nnc(CS(=O)(=O)[C@@H](C)[C@H](C)c3ncc(Cl)cn3)n2[C@@H](C)c2cnn(C)c2)n1. The van der Waals surface area contributed by atoms with E-state index < -0.39 is 21.0 Å². The van der Waals surface area contributed by atoms with Crippen LogP contribution in [-0.2, 0) is 22.6 Å². The lowest BCUT2D eigenvalue weighted by Gasteiger charge is -2.21. The normalized spacial score (nSPS) is 14.4. The van der Waals surface area contributed by atoms with Crippen LogP contribution in [0.3, 0.4) is 0 Å². The molecule has 0 saturated carbocycles. The number of methoxy groups -OCH3 is 1. The summed E-state index contributed by atoms with van der Waals surface area (Å²) in [6.45, 7) is 5.36. The number of pyridine rings is 1. The van der Waals surface area contributed by atoms with Gasteiger partial charge in [-0.25, -0.2) is 23.4 Å². The molecule has 4 aromatic rings. The van der Waals surface area contributed by atoms with Gasteiger partial charge in [-0.1, -0.05) is 24.6 Å². The lowest BCUT2D eigenvalue weighted by molar-refractivity contribution is 0.398. The summed E-state index contributed by atoms with van der Waals surface area (Å²) in [5.74, 6) is 0.754. The van der Waals surface area contributed by atoms with Crippen LogP contribution in [0.1, 0.15) is 49.9 Å². The number of aryl methyl sites for hydroxylation is 1. The average molecular weight is 531 g/mol. The van der Waals surface area contributed by atoms with E-state index >= 15 is 0 Å². The Kier molecular flexibility index (Phi) is 7.36. The van der Waals surface area contributed by atoms with Crippen LogP contribution >= 0.6 is 11.6 Å². The van der Waals surface area contributed by atoms with Crippen LogP contribution in [0.15, 0.2) is 43.0 Å². The van der Waals surface area contributed by atoms with E-state index in [-0.39, 0.29) is 11.8 Å². The number of hydrogen-bond acceptors (Lipinski definition) is 9. The van der Waals surface area contributed by atoms with Gasteiger partial charge in [0, 0.05) is 43.2 Å². The summed E-state index contributed by atoms with van der Waals surface area (Å²) in [4.78, 5) is 12.9. The minimum Gasteiger partial charge on any atom is -0.481 e. The van der Waals surface area contributed by atoms with Crippen molar-refractivity contribution in [3.63, 3.8) is 0 Å². The van der Waals surface area contributed by atoms with Gasteiger partial charge in [0.1, 0.15) is 23.1 Å². The van der Waals surface area contributed by atoms with Crippen LogP contribution in [0.5, 0.6) is 5.88 Å². The number of nitrogens with zero attached hydrogens (tertiary/aromatic N) is 8. The number of aromatic nitrogens is 8. The molecule has 0 aliphatic carbocycles. The quantitative estimate of drug-likeness (QED) is 0.320. The van der Waals surface area contributed by atoms with Crippen molar-refractivity contribution in [2.45, 2.75) is 43.7 Å². The lowest BCUT2D eigenvalue weighted by Crippen LogP contribution is -2.28. The Morgan fingerprint density at radius 3 is 2.44 bits per heavy atom. The van der Waals surface area contributed by atoms with Gasteiger partial charge in [-0.05, 0) is 19.9 Å². The molecule has 0 N–H and O–H groups in total. The maximum absolute atomic E-state index is 13.5. The predicted octanol–water partition coefficient (Wildman–Crippen LogP) is 3.24. The number of ether oxygens (including phenoxy) is 1. The molecule has 4 aromatic heterocycles. The fourth-order valence-electron chi connectivity index (χ4n) is 3.85. The molecule has 0 aliphatic rings. The molecule has 0 fully saturated rings. The Hall–Kier alpha value is -3.38. The van der Waals surface area contributed by atoms with Gasteiger partial charge < -0.3 is 9.30 Å². The van der Waals surface area contributed by atoms with Gasteiger partial charge in [0.25, 0.3) is 0 Å². The van der Waals surface area contributed by atoms with E-state index in [1.807, 2.05) is 20.2 Å². The minimum atomic E-state index is -3.69. The van der Waals surface area contributed by atoms with Gasteiger partial charge in [0.15, 0.2) is 15.7 Å². The molecule has 13 heteroatoms. The minimum absolute atomic E-state index is 0.294. The van der Waals surface area contributed by atoms with Gasteiger partial charge in [0.2, 0.25) is 5.88 Å². The van der Waals surface area contributed by atoms with Gasteiger partial charge in [-0.3, -0.25) is 4.68 Å². The molecule has 0 unspecified atom stereocenters. The van der Waals surface area contributed by atoms with E-state index in [1.54, 1.807) is 47.5 Å². The summed E-state index contributed by atoms with van der Waals surface area (Å²) in [6.07, 6.45) is 6.52. The summed E-state index contributed by atoms with van der Waals surface area (Å²) in [5.41, 5.74) is 1.38. The van der Waals surface area contributed by atoms with Crippen molar-refractivity contribution in [2.75, 3.05) is 7.11 Å². The van der Waals surface area contributed by atoms with E-state index in [1.165, 1.54) is 19.5 Å². The highest BCUT2D eigenvalue weighted by atomic mass is 35.5. The number of sulfone groups is 1. The summed E-state index contributed by atoms with van der Waals surface area (Å²) in [6, 6.07) is 4.98. The monoisotopic (exact) mass is 530 g/mol. The molecule has 4 rings (SSSR count). The molecule has 0 aliphatic heterocycles. The van der Waals surface area contributed by atoms with Gasteiger partial charge in [0.05, 0.1) is 29.6 Å². The molecule has 190 valence electrons. The molecule has 11 nitrogen and oxygen atoms in total. The Balaban J connectivity index is 1.73. The van der Waals surface area contributed by atoms with Gasteiger partial charge in [-0.2, -0.15) is 5.10 Å². The summed E-state index contributed by atoms with van der Waals surface area (Å²) < 4.78 is 35.8. The van der Waals surface area contributed by atoms with Crippen LogP contribution < -0.4 is 4.74 Å². The van der Waals surface area contributed by atoms with E-state index in [2.05, 4.69) is 30.2 Å². The fraction of sp³-hybridized carbons (Fsp3) is 0.391. The second-order valence-corrected chi connectivity index (χ2v) is 11.4. The zero-order chi connectivity index (χ0) is 26.0. The molecule has 0 aromatic carbocycles. The molecule has 0 amide bonds. The molecular weight excluding hydrogens is 504 g/mol. The molecule has 4 heterocycles. The standard InChI is InChI=1S/C23H27ClN8O3S/c1-14(22-25-10-18(24)11-26-22)16(3)36(33,34)13-20-29-30-23(19-7-6-8-21(28-19)35-5)32(20)15(2)17-9-27-31(4)12-17/h6-12,14-16H,13H2,1-5H3/t14-,15-,16-/m0/s1.